The third kappa shape index (κ3) is 2.27. The highest BCUT2D eigenvalue weighted by atomic mass is 15.2. The van der Waals surface area contributed by atoms with Crippen LogP contribution in [0.4, 0.5) is 0 Å². The minimum atomic E-state index is -0.0531. The minimum absolute atomic E-state index is 0.0531. The molecule has 0 aromatic carbocycles. The molecule has 0 spiro atoms. The van der Waals surface area contributed by atoms with Gasteiger partial charge in [-0.1, -0.05) is 19.3 Å². The van der Waals surface area contributed by atoms with E-state index in [2.05, 4.69) is 11.2 Å². The summed E-state index contributed by atoms with van der Waals surface area (Å²) in [5, 5.41) is 13.5. The highest BCUT2D eigenvalue weighted by Gasteiger charge is 2.31. The first-order chi connectivity index (χ1) is 7.76. The fraction of sp³-hybridized carbons (Fsp3) is 0.692. The average Bonchev–Trinajstić information content (AvgIpc) is 2.74. The molecule has 0 radical (unpaired) electrons. The normalized spacial score (nSPS) is 19.2. The zero-order valence-electron chi connectivity index (χ0n) is 9.95. The second kappa shape index (κ2) is 4.69. The molecule has 2 rings (SSSR count). The zero-order valence-corrected chi connectivity index (χ0v) is 9.95. The molecule has 0 amide bonds. The molecule has 1 aromatic heterocycles. The van der Waals surface area contributed by atoms with Gasteiger partial charge in [0, 0.05) is 18.9 Å². The van der Waals surface area contributed by atoms with Crippen LogP contribution < -0.4 is 0 Å². The predicted molar refractivity (Wildman–Crippen MR) is 62.7 cm³/mol. The molecule has 0 N–H and O–H groups in total. The van der Waals surface area contributed by atoms with Crippen molar-refractivity contribution in [2.45, 2.75) is 44.9 Å². The molecule has 3 nitrogen and oxygen atoms in total. The Hall–Kier alpha value is -1.30. The van der Waals surface area contributed by atoms with Gasteiger partial charge in [0.1, 0.15) is 0 Å². The van der Waals surface area contributed by atoms with Crippen molar-refractivity contribution in [2.24, 2.45) is 12.5 Å². The minimum Gasteiger partial charge on any atom is -0.273 e. The van der Waals surface area contributed by atoms with Gasteiger partial charge in [0.05, 0.1) is 11.5 Å². The Morgan fingerprint density at radius 3 is 2.75 bits per heavy atom. The van der Waals surface area contributed by atoms with Gasteiger partial charge in [-0.2, -0.15) is 10.4 Å². The van der Waals surface area contributed by atoms with Gasteiger partial charge in [-0.05, 0) is 31.7 Å². The molecule has 0 saturated heterocycles. The van der Waals surface area contributed by atoms with Crippen LogP contribution in [0.1, 0.15) is 44.2 Å². The van der Waals surface area contributed by atoms with Gasteiger partial charge in [-0.15, -0.1) is 0 Å². The molecule has 0 aliphatic heterocycles. The van der Waals surface area contributed by atoms with Crippen LogP contribution >= 0.6 is 0 Å². The maximum atomic E-state index is 9.37. The number of hydrogen-bond acceptors (Lipinski definition) is 2. The molecule has 1 heterocycles. The van der Waals surface area contributed by atoms with Crippen LogP contribution in [-0.4, -0.2) is 9.78 Å². The Labute approximate surface area is 97.1 Å². The molecule has 1 aromatic rings. The summed E-state index contributed by atoms with van der Waals surface area (Å²) in [6, 6.07) is 4.62. The summed E-state index contributed by atoms with van der Waals surface area (Å²) < 4.78 is 1.91. The first-order valence-electron chi connectivity index (χ1n) is 6.14. The Kier molecular flexibility index (Phi) is 3.28. The third-order valence-corrected chi connectivity index (χ3v) is 3.83. The third-order valence-electron chi connectivity index (χ3n) is 3.83. The standard InChI is InChI=1S/C13H19N3/c1-16-12(6-10-15-16)5-9-13(11-14)7-3-2-4-8-13/h6,10H,2-5,7-9H2,1H3. The van der Waals surface area contributed by atoms with E-state index in [4.69, 9.17) is 0 Å². The van der Waals surface area contributed by atoms with E-state index in [0.29, 0.717) is 0 Å². The van der Waals surface area contributed by atoms with Gasteiger partial charge >= 0.3 is 0 Å². The van der Waals surface area contributed by atoms with Crippen LogP contribution in [0, 0.1) is 16.7 Å². The van der Waals surface area contributed by atoms with Gasteiger partial charge in [0.15, 0.2) is 0 Å². The number of aromatic nitrogens is 2. The molecule has 0 unspecified atom stereocenters. The van der Waals surface area contributed by atoms with Crippen molar-refractivity contribution in [3.63, 3.8) is 0 Å². The first kappa shape index (κ1) is 11.2. The fourth-order valence-corrected chi connectivity index (χ4v) is 2.66. The van der Waals surface area contributed by atoms with Crippen LogP contribution in [0.15, 0.2) is 12.3 Å². The van der Waals surface area contributed by atoms with Crippen molar-refractivity contribution < 1.29 is 0 Å². The first-order valence-corrected chi connectivity index (χ1v) is 6.14. The van der Waals surface area contributed by atoms with Crippen LogP contribution in [0.25, 0.3) is 0 Å². The second-order valence-corrected chi connectivity index (χ2v) is 4.90. The fourth-order valence-electron chi connectivity index (χ4n) is 2.66. The smallest absolute Gasteiger partial charge is 0.0689 e. The van der Waals surface area contributed by atoms with E-state index in [1.165, 1.54) is 25.0 Å². The van der Waals surface area contributed by atoms with Gasteiger partial charge in [-0.3, -0.25) is 4.68 Å². The lowest BCUT2D eigenvalue weighted by atomic mass is 9.72. The lowest BCUT2D eigenvalue weighted by Gasteiger charge is -2.30. The van der Waals surface area contributed by atoms with Gasteiger partial charge in [0.25, 0.3) is 0 Å². The van der Waals surface area contributed by atoms with Crippen molar-refractivity contribution >= 4 is 0 Å². The maximum absolute atomic E-state index is 9.37. The van der Waals surface area contributed by atoms with Gasteiger partial charge in [-0.25, -0.2) is 0 Å². The quantitative estimate of drug-likeness (QED) is 0.781. The molecule has 0 atom stereocenters. The summed E-state index contributed by atoms with van der Waals surface area (Å²) in [5.74, 6) is 0. The van der Waals surface area contributed by atoms with E-state index < -0.39 is 0 Å². The van der Waals surface area contributed by atoms with Crippen LogP contribution in [0.3, 0.4) is 0 Å². The maximum Gasteiger partial charge on any atom is 0.0689 e. The van der Waals surface area contributed by atoms with Crippen molar-refractivity contribution in [1.29, 1.82) is 5.26 Å². The van der Waals surface area contributed by atoms with Crippen LogP contribution in [0.5, 0.6) is 0 Å². The zero-order chi connectivity index (χ0) is 11.4. The van der Waals surface area contributed by atoms with E-state index in [1.54, 1.807) is 0 Å². The van der Waals surface area contributed by atoms with E-state index >= 15 is 0 Å². The molecule has 0 bridgehead atoms. The van der Waals surface area contributed by atoms with Gasteiger partial charge in [0.2, 0.25) is 0 Å². The SMILES string of the molecule is Cn1nccc1CCC1(C#N)CCCCC1. The number of rotatable bonds is 3. The van der Waals surface area contributed by atoms with E-state index in [9.17, 15) is 5.26 Å². The summed E-state index contributed by atoms with van der Waals surface area (Å²) in [6.07, 6.45) is 9.71. The summed E-state index contributed by atoms with van der Waals surface area (Å²) in [4.78, 5) is 0. The molecular weight excluding hydrogens is 198 g/mol. The van der Waals surface area contributed by atoms with Crippen LogP contribution in [-0.2, 0) is 13.5 Å². The molecule has 1 saturated carbocycles. The summed E-state index contributed by atoms with van der Waals surface area (Å²) in [7, 11) is 1.97. The van der Waals surface area contributed by atoms with Crippen LogP contribution in [0.2, 0.25) is 0 Å². The lowest BCUT2D eigenvalue weighted by Crippen LogP contribution is -2.23. The van der Waals surface area contributed by atoms with Crippen molar-refractivity contribution in [3.8, 4) is 6.07 Å². The van der Waals surface area contributed by atoms with Crippen molar-refractivity contribution in [1.82, 2.24) is 9.78 Å². The molecule has 16 heavy (non-hydrogen) atoms. The van der Waals surface area contributed by atoms with E-state index in [-0.39, 0.29) is 5.41 Å². The molecule has 86 valence electrons. The summed E-state index contributed by atoms with van der Waals surface area (Å²) in [6.45, 7) is 0. The Balaban J connectivity index is 1.98. The lowest BCUT2D eigenvalue weighted by molar-refractivity contribution is 0.248. The largest absolute Gasteiger partial charge is 0.273 e. The average molecular weight is 217 g/mol. The highest BCUT2D eigenvalue weighted by molar-refractivity contribution is 5.06. The predicted octanol–water partition coefficient (Wildman–Crippen LogP) is 2.83. The monoisotopic (exact) mass is 217 g/mol. The highest BCUT2D eigenvalue weighted by Crippen LogP contribution is 2.39. The van der Waals surface area contributed by atoms with Crippen molar-refractivity contribution in [2.75, 3.05) is 0 Å². The number of aryl methyl sites for hydroxylation is 2. The van der Waals surface area contributed by atoms with E-state index in [1.807, 2.05) is 24.0 Å². The topological polar surface area (TPSA) is 41.6 Å². The number of nitriles is 1. The molecular formula is C13H19N3. The summed E-state index contributed by atoms with van der Waals surface area (Å²) >= 11 is 0. The number of hydrogen-bond donors (Lipinski definition) is 0. The second-order valence-electron chi connectivity index (χ2n) is 4.90. The summed E-state index contributed by atoms with van der Waals surface area (Å²) in [5.41, 5.74) is 1.18. The molecule has 1 fully saturated rings. The van der Waals surface area contributed by atoms with E-state index in [0.717, 1.165) is 25.7 Å². The molecule has 1 aliphatic carbocycles. The van der Waals surface area contributed by atoms with Crippen molar-refractivity contribution in [3.05, 3.63) is 18.0 Å². The van der Waals surface area contributed by atoms with Gasteiger partial charge < -0.3 is 0 Å². The Morgan fingerprint density at radius 1 is 1.44 bits per heavy atom. The Bertz CT molecular complexity index is 380. The molecule has 1 aliphatic rings. The number of nitrogens with zero attached hydrogens (tertiary/aromatic N) is 3. The molecule has 3 heteroatoms. The Morgan fingerprint density at radius 2 is 2.19 bits per heavy atom.